The van der Waals surface area contributed by atoms with E-state index in [2.05, 4.69) is 24.2 Å². The fourth-order valence-corrected chi connectivity index (χ4v) is 2.96. The van der Waals surface area contributed by atoms with E-state index in [0.29, 0.717) is 17.9 Å². The summed E-state index contributed by atoms with van der Waals surface area (Å²) in [6.07, 6.45) is 2.24. The molecule has 0 aromatic heterocycles. The molecule has 0 aromatic rings. The minimum atomic E-state index is 0.194. The molecule has 0 radical (unpaired) electrons. The maximum Gasteiger partial charge on any atom is 0.227 e. The molecular weight excluding hydrogens is 214 g/mol. The summed E-state index contributed by atoms with van der Waals surface area (Å²) in [5.41, 5.74) is 0. The minimum absolute atomic E-state index is 0.194. The lowest BCUT2D eigenvalue weighted by Gasteiger charge is -2.36. The molecule has 17 heavy (non-hydrogen) atoms. The van der Waals surface area contributed by atoms with Gasteiger partial charge in [0.25, 0.3) is 0 Å². The van der Waals surface area contributed by atoms with Gasteiger partial charge >= 0.3 is 0 Å². The minimum Gasteiger partial charge on any atom is -0.342 e. The molecule has 0 aliphatic carbocycles. The number of piperidine rings is 1. The molecule has 2 fully saturated rings. The van der Waals surface area contributed by atoms with Gasteiger partial charge in [-0.2, -0.15) is 0 Å². The summed E-state index contributed by atoms with van der Waals surface area (Å²) in [6, 6.07) is 0.450. The van der Waals surface area contributed by atoms with Crippen LogP contribution in [0.15, 0.2) is 0 Å². The topological polar surface area (TPSA) is 35.6 Å². The molecule has 0 bridgehead atoms. The third-order valence-corrected chi connectivity index (χ3v) is 4.42. The molecule has 1 N–H and O–H groups in total. The van der Waals surface area contributed by atoms with Gasteiger partial charge in [-0.05, 0) is 45.4 Å². The molecule has 2 heterocycles. The number of rotatable bonds is 2. The van der Waals surface area contributed by atoms with E-state index in [9.17, 15) is 4.79 Å². The number of hydrogen-bond acceptors (Lipinski definition) is 3. The molecule has 0 spiro atoms. The van der Waals surface area contributed by atoms with Crippen molar-refractivity contribution < 1.29 is 4.79 Å². The van der Waals surface area contributed by atoms with Crippen LogP contribution in [-0.2, 0) is 4.79 Å². The van der Waals surface area contributed by atoms with Crippen LogP contribution in [0.25, 0.3) is 0 Å². The van der Waals surface area contributed by atoms with Gasteiger partial charge in [0.1, 0.15) is 0 Å². The molecule has 2 rings (SSSR count). The number of carbonyl (C=O) groups excluding carboxylic acids is 1. The molecule has 1 amide bonds. The molecule has 2 atom stereocenters. The molecule has 0 saturated carbocycles. The maximum absolute atomic E-state index is 12.4. The van der Waals surface area contributed by atoms with Crippen LogP contribution in [-0.4, -0.2) is 62.0 Å². The summed E-state index contributed by atoms with van der Waals surface area (Å²) < 4.78 is 0. The summed E-state index contributed by atoms with van der Waals surface area (Å²) in [5, 5.41) is 3.31. The normalized spacial score (nSPS) is 31.7. The average molecular weight is 239 g/mol. The van der Waals surface area contributed by atoms with Crippen molar-refractivity contribution in [2.75, 3.05) is 40.3 Å². The summed E-state index contributed by atoms with van der Waals surface area (Å²) in [7, 11) is 4.14. The quantitative estimate of drug-likeness (QED) is 0.757. The lowest BCUT2D eigenvalue weighted by Crippen LogP contribution is -2.47. The highest BCUT2D eigenvalue weighted by atomic mass is 16.2. The summed E-state index contributed by atoms with van der Waals surface area (Å²) in [4.78, 5) is 16.8. The smallest absolute Gasteiger partial charge is 0.227 e. The predicted molar refractivity (Wildman–Crippen MR) is 68.8 cm³/mol. The fraction of sp³-hybridized carbons (Fsp3) is 0.923. The van der Waals surface area contributed by atoms with Crippen LogP contribution in [0, 0.1) is 11.8 Å². The Morgan fingerprint density at radius 3 is 2.47 bits per heavy atom. The summed E-state index contributed by atoms with van der Waals surface area (Å²) in [5.74, 6) is 1.02. The number of nitrogens with one attached hydrogen (secondary N) is 1. The Labute approximate surface area is 104 Å². The van der Waals surface area contributed by atoms with E-state index in [1.165, 1.54) is 0 Å². The Bertz CT molecular complexity index is 274. The van der Waals surface area contributed by atoms with Gasteiger partial charge in [-0.3, -0.25) is 4.79 Å². The number of likely N-dealkylation sites (tertiary alicyclic amines) is 1. The van der Waals surface area contributed by atoms with Gasteiger partial charge in [-0.15, -0.1) is 0 Å². The van der Waals surface area contributed by atoms with Crippen molar-refractivity contribution in [1.82, 2.24) is 15.1 Å². The van der Waals surface area contributed by atoms with Crippen LogP contribution in [0.3, 0.4) is 0 Å². The Hall–Kier alpha value is -0.610. The Kier molecular flexibility index (Phi) is 4.05. The number of hydrogen-bond donors (Lipinski definition) is 1. The van der Waals surface area contributed by atoms with Crippen molar-refractivity contribution in [3.63, 3.8) is 0 Å². The van der Waals surface area contributed by atoms with Crippen molar-refractivity contribution >= 4 is 5.91 Å². The first kappa shape index (κ1) is 12.8. The first-order valence-corrected chi connectivity index (χ1v) is 6.75. The van der Waals surface area contributed by atoms with Crippen molar-refractivity contribution in [2.45, 2.75) is 25.8 Å². The van der Waals surface area contributed by atoms with Crippen LogP contribution >= 0.6 is 0 Å². The van der Waals surface area contributed by atoms with Gasteiger partial charge in [0.05, 0.1) is 5.92 Å². The molecule has 0 unspecified atom stereocenters. The van der Waals surface area contributed by atoms with Crippen molar-refractivity contribution in [2.24, 2.45) is 11.8 Å². The molecule has 2 saturated heterocycles. The monoisotopic (exact) mass is 239 g/mol. The van der Waals surface area contributed by atoms with E-state index in [-0.39, 0.29) is 5.92 Å². The van der Waals surface area contributed by atoms with Gasteiger partial charge in [-0.1, -0.05) is 6.92 Å². The largest absolute Gasteiger partial charge is 0.342 e. The van der Waals surface area contributed by atoms with E-state index in [1.807, 2.05) is 11.9 Å². The molecule has 4 nitrogen and oxygen atoms in total. The lowest BCUT2D eigenvalue weighted by molar-refractivity contribution is -0.137. The van der Waals surface area contributed by atoms with Gasteiger partial charge in [0, 0.05) is 19.6 Å². The van der Waals surface area contributed by atoms with Crippen molar-refractivity contribution in [3.8, 4) is 0 Å². The molecule has 2 aliphatic heterocycles. The van der Waals surface area contributed by atoms with Gasteiger partial charge < -0.3 is 15.1 Å². The second-order valence-electron chi connectivity index (χ2n) is 5.73. The maximum atomic E-state index is 12.4. The summed E-state index contributed by atoms with van der Waals surface area (Å²) in [6.45, 7) is 6.24. The second-order valence-corrected chi connectivity index (χ2v) is 5.73. The highest BCUT2D eigenvalue weighted by Gasteiger charge is 2.34. The van der Waals surface area contributed by atoms with Crippen LogP contribution < -0.4 is 5.32 Å². The molecule has 98 valence electrons. The number of nitrogens with zero attached hydrogens (tertiary/aromatic N) is 2. The van der Waals surface area contributed by atoms with Crippen LogP contribution in [0.1, 0.15) is 19.8 Å². The van der Waals surface area contributed by atoms with E-state index < -0.39 is 0 Å². The zero-order valence-corrected chi connectivity index (χ0v) is 11.3. The molecule has 2 aliphatic rings. The van der Waals surface area contributed by atoms with Crippen LogP contribution in [0.4, 0.5) is 0 Å². The number of amides is 1. The lowest BCUT2D eigenvalue weighted by atomic mass is 9.95. The van der Waals surface area contributed by atoms with E-state index in [1.54, 1.807) is 0 Å². The SMILES string of the molecule is C[C@@H]1CNC[C@H]1C(=O)N(C)C1CCN(C)CC1. The van der Waals surface area contributed by atoms with Gasteiger partial charge in [0.15, 0.2) is 0 Å². The van der Waals surface area contributed by atoms with Crippen molar-refractivity contribution in [3.05, 3.63) is 0 Å². The zero-order chi connectivity index (χ0) is 12.4. The van der Waals surface area contributed by atoms with E-state index in [0.717, 1.165) is 39.0 Å². The second kappa shape index (κ2) is 5.36. The van der Waals surface area contributed by atoms with E-state index >= 15 is 0 Å². The Balaban J connectivity index is 1.90. The van der Waals surface area contributed by atoms with Gasteiger partial charge in [-0.25, -0.2) is 0 Å². The van der Waals surface area contributed by atoms with E-state index in [4.69, 9.17) is 0 Å². The number of carbonyl (C=O) groups is 1. The zero-order valence-electron chi connectivity index (χ0n) is 11.3. The highest BCUT2D eigenvalue weighted by Crippen LogP contribution is 2.22. The highest BCUT2D eigenvalue weighted by molar-refractivity contribution is 5.79. The fourth-order valence-electron chi connectivity index (χ4n) is 2.96. The molecule has 0 aromatic carbocycles. The van der Waals surface area contributed by atoms with Crippen LogP contribution in [0.5, 0.6) is 0 Å². The van der Waals surface area contributed by atoms with Gasteiger partial charge in [0.2, 0.25) is 5.91 Å². The first-order chi connectivity index (χ1) is 8.09. The third kappa shape index (κ3) is 2.80. The summed E-state index contributed by atoms with van der Waals surface area (Å²) >= 11 is 0. The third-order valence-electron chi connectivity index (χ3n) is 4.42. The molecular formula is C13H25N3O. The average Bonchev–Trinajstić information content (AvgIpc) is 2.74. The van der Waals surface area contributed by atoms with Crippen LogP contribution in [0.2, 0.25) is 0 Å². The molecule has 4 heteroatoms. The standard InChI is InChI=1S/C13H25N3O/c1-10-8-14-9-12(10)13(17)16(3)11-4-6-15(2)7-5-11/h10-12,14H,4-9H2,1-3H3/t10-,12-/m1/s1. The Morgan fingerprint density at radius 2 is 1.94 bits per heavy atom. The predicted octanol–water partition coefficient (Wildman–Crippen LogP) is 0.395. The van der Waals surface area contributed by atoms with Crippen molar-refractivity contribution in [1.29, 1.82) is 0 Å². The first-order valence-electron chi connectivity index (χ1n) is 6.75. The Morgan fingerprint density at radius 1 is 1.29 bits per heavy atom.